The highest BCUT2D eigenvalue weighted by Gasteiger charge is 2.17. The third-order valence-electron chi connectivity index (χ3n) is 2.05. The van der Waals surface area contributed by atoms with Crippen LogP contribution < -0.4 is 0 Å². The Balaban J connectivity index is 2.61. The van der Waals surface area contributed by atoms with Gasteiger partial charge in [-0.05, 0) is 11.6 Å². The van der Waals surface area contributed by atoms with E-state index in [9.17, 15) is 8.42 Å². The number of benzene rings is 1. The lowest BCUT2D eigenvalue weighted by Gasteiger charge is -2.00. The molecule has 4 nitrogen and oxygen atoms in total. The molecule has 2 aromatic rings. The molecule has 1 heterocycles. The minimum atomic E-state index is -4.19. The predicted molar refractivity (Wildman–Crippen MR) is 56.0 cm³/mol. The molecule has 1 aromatic heterocycles. The second kappa shape index (κ2) is 3.52. The summed E-state index contributed by atoms with van der Waals surface area (Å²) in [5, 5.41) is -0.172. The Hall–Kier alpha value is -1.59. The van der Waals surface area contributed by atoms with Crippen LogP contribution in [0, 0.1) is 0 Å². The molecule has 0 amide bonds. The zero-order valence-electron chi connectivity index (χ0n) is 7.71. The van der Waals surface area contributed by atoms with Crippen molar-refractivity contribution in [1.29, 1.82) is 0 Å². The lowest BCUT2D eigenvalue weighted by atomic mass is 10.1. The topological polar surface area (TPSA) is 70.2 Å². The van der Waals surface area contributed by atoms with Gasteiger partial charge in [-0.2, -0.15) is 8.42 Å². The van der Waals surface area contributed by atoms with Crippen molar-refractivity contribution >= 4 is 10.1 Å². The first-order chi connectivity index (χ1) is 7.09. The number of hydrogen-bond donors (Lipinski definition) is 2. The SMILES string of the molecule is O=S(=O)(O)c1[nH]ccc1-c1ccccc1. The lowest BCUT2D eigenvalue weighted by Crippen LogP contribution is -1.99. The Bertz CT molecular complexity index is 557. The molecule has 0 aliphatic carbocycles. The van der Waals surface area contributed by atoms with Crippen molar-refractivity contribution in [2.75, 3.05) is 0 Å². The summed E-state index contributed by atoms with van der Waals surface area (Å²) >= 11 is 0. The number of aromatic amines is 1. The third-order valence-corrected chi connectivity index (χ3v) is 2.91. The van der Waals surface area contributed by atoms with Crippen molar-refractivity contribution in [3.05, 3.63) is 42.6 Å². The monoisotopic (exact) mass is 223 g/mol. The van der Waals surface area contributed by atoms with E-state index in [0.29, 0.717) is 5.56 Å². The second-order valence-electron chi connectivity index (χ2n) is 3.06. The Morgan fingerprint density at radius 2 is 1.73 bits per heavy atom. The smallest absolute Gasteiger partial charge is 0.310 e. The van der Waals surface area contributed by atoms with Gasteiger partial charge in [-0.25, -0.2) is 0 Å². The van der Waals surface area contributed by atoms with Crippen molar-refractivity contribution in [2.45, 2.75) is 5.03 Å². The minimum absolute atomic E-state index is 0.172. The van der Waals surface area contributed by atoms with Gasteiger partial charge in [0, 0.05) is 11.8 Å². The lowest BCUT2D eigenvalue weighted by molar-refractivity contribution is 0.480. The highest BCUT2D eigenvalue weighted by Crippen LogP contribution is 2.25. The number of H-pyrrole nitrogens is 1. The fourth-order valence-corrected chi connectivity index (χ4v) is 2.09. The van der Waals surface area contributed by atoms with Gasteiger partial charge in [0.05, 0.1) is 0 Å². The first-order valence-corrected chi connectivity index (χ1v) is 5.73. The van der Waals surface area contributed by atoms with Gasteiger partial charge in [0.15, 0.2) is 5.03 Å². The van der Waals surface area contributed by atoms with E-state index >= 15 is 0 Å². The Morgan fingerprint density at radius 1 is 1.07 bits per heavy atom. The van der Waals surface area contributed by atoms with Crippen LogP contribution in [-0.4, -0.2) is 18.0 Å². The first kappa shape index (κ1) is 9.95. The van der Waals surface area contributed by atoms with Gasteiger partial charge in [0.2, 0.25) is 0 Å². The molecule has 0 fully saturated rings. The van der Waals surface area contributed by atoms with Gasteiger partial charge < -0.3 is 4.98 Å². The van der Waals surface area contributed by atoms with Crippen molar-refractivity contribution in [2.24, 2.45) is 0 Å². The molecular formula is C10H9NO3S. The van der Waals surface area contributed by atoms with Crippen molar-refractivity contribution in [1.82, 2.24) is 4.98 Å². The van der Waals surface area contributed by atoms with E-state index in [1.165, 1.54) is 6.20 Å². The molecule has 2 N–H and O–H groups in total. The molecular weight excluding hydrogens is 214 g/mol. The molecule has 15 heavy (non-hydrogen) atoms. The number of hydrogen-bond acceptors (Lipinski definition) is 2. The van der Waals surface area contributed by atoms with Crippen LogP contribution in [0.4, 0.5) is 0 Å². The molecule has 2 rings (SSSR count). The predicted octanol–water partition coefficient (Wildman–Crippen LogP) is 1.93. The summed E-state index contributed by atoms with van der Waals surface area (Å²) in [5.41, 5.74) is 1.21. The average Bonchev–Trinajstić information content (AvgIpc) is 2.67. The number of rotatable bonds is 2. The van der Waals surface area contributed by atoms with Gasteiger partial charge >= 0.3 is 10.1 Å². The highest BCUT2D eigenvalue weighted by atomic mass is 32.2. The van der Waals surface area contributed by atoms with Crippen LogP contribution in [0.2, 0.25) is 0 Å². The van der Waals surface area contributed by atoms with E-state index in [1.807, 2.05) is 6.07 Å². The number of aromatic nitrogens is 1. The largest absolute Gasteiger partial charge is 0.350 e. The van der Waals surface area contributed by atoms with Gasteiger partial charge in [-0.3, -0.25) is 4.55 Å². The van der Waals surface area contributed by atoms with E-state index < -0.39 is 10.1 Å². The zero-order chi connectivity index (χ0) is 10.9. The van der Waals surface area contributed by atoms with E-state index in [4.69, 9.17) is 4.55 Å². The summed E-state index contributed by atoms with van der Waals surface area (Å²) in [4.78, 5) is 2.51. The van der Waals surface area contributed by atoms with E-state index in [1.54, 1.807) is 30.3 Å². The van der Waals surface area contributed by atoms with Crippen LogP contribution in [0.25, 0.3) is 11.1 Å². The molecule has 0 aliphatic rings. The maximum atomic E-state index is 11.0. The average molecular weight is 223 g/mol. The molecule has 0 radical (unpaired) electrons. The quantitative estimate of drug-likeness (QED) is 0.764. The molecule has 0 saturated heterocycles. The molecule has 78 valence electrons. The second-order valence-corrected chi connectivity index (χ2v) is 4.42. The molecule has 0 spiro atoms. The molecule has 0 atom stereocenters. The van der Waals surface area contributed by atoms with Gasteiger partial charge in [-0.1, -0.05) is 30.3 Å². The first-order valence-electron chi connectivity index (χ1n) is 4.29. The van der Waals surface area contributed by atoms with Gasteiger partial charge in [-0.15, -0.1) is 0 Å². The summed E-state index contributed by atoms with van der Waals surface area (Å²) in [6, 6.07) is 10.6. The van der Waals surface area contributed by atoms with Crippen molar-refractivity contribution < 1.29 is 13.0 Å². The fourth-order valence-electron chi connectivity index (χ4n) is 1.41. The standard InChI is InChI=1S/C10H9NO3S/c12-15(13,14)10-9(6-7-11-10)8-4-2-1-3-5-8/h1-7,11H,(H,12,13,14). The Morgan fingerprint density at radius 3 is 2.33 bits per heavy atom. The molecule has 1 aromatic carbocycles. The summed E-state index contributed by atoms with van der Waals surface area (Å²) < 4.78 is 31.0. The Labute approximate surface area is 87.3 Å². The van der Waals surface area contributed by atoms with Crippen molar-refractivity contribution in [3.8, 4) is 11.1 Å². The van der Waals surface area contributed by atoms with Crippen LogP contribution in [-0.2, 0) is 10.1 Å². The van der Waals surface area contributed by atoms with Crippen LogP contribution in [0.15, 0.2) is 47.6 Å². The zero-order valence-corrected chi connectivity index (χ0v) is 8.53. The van der Waals surface area contributed by atoms with Crippen LogP contribution in [0.5, 0.6) is 0 Å². The molecule has 0 aliphatic heterocycles. The minimum Gasteiger partial charge on any atom is -0.350 e. The highest BCUT2D eigenvalue weighted by molar-refractivity contribution is 7.85. The summed E-state index contributed by atoms with van der Waals surface area (Å²) in [5.74, 6) is 0. The van der Waals surface area contributed by atoms with E-state index in [0.717, 1.165) is 5.56 Å². The summed E-state index contributed by atoms with van der Waals surface area (Å²) in [6.45, 7) is 0. The van der Waals surface area contributed by atoms with E-state index in [2.05, 4.69) is 4.98 Å². The van der Waals surface area contributed by atoms with Crippen LogP contribution in [0.3, 0.4) is 0 Å². The number of nitrogens with one attached hydrogen (secondary N) is 1. The molecule has 5 heteroatoms. The molecule has 0 bridgehead atoms. The normalized spacial score (nSPS) is 11.5. The maximum Gasteiger partial charge on any atom is 0.310 e. The van der Waals surface area contributed by atoms with Crippen molar-refractivity contribution in [3.63, 3.8) is 0 Å². The molecule has 0 unspecified atom stereocenters. The van der Waals surface area contributed by atoms with Gasteiger partial charge in [0.25, 0.3) is 0 Å². The fraction of sp³-hybridized carbons (Fsp3) is 0. The Kier molecular flexibility index (Phi) is 2.34. The van der Waals surface area contributed by atoms with Crippen LogP contribution in [0.1, 0.15) is 0 Å². The molecule has 0 saturated carbocycles. The third kappa shape index (κ3) is 1.93. The van der Waals surface area contributed by atoms with Gasteiger partial charge in [0.1, 0.15) is 0 Å². The van der Waals surface area contributed by atoms with Crippen LogP contribution >= 0.6 is 0 Å². The summed E-state index contributed by atoms with van der Waals surface area (Å²) in [6.07, 6.45) is 1.48. The van der Waals surface area contributed by atoms with E-state index in [-0.39, 0.29) is 5.03 Å². The maximum absolute atomic E-state index is 11.0. The summed E-state index contributed by atoms with van der Waals surface area (Å²) in [7, 11) is -4.19.